The van der Waals surface area contributed by atoms with E-state index < -0.39 is 15.7 Å². The van der Waals surface area contributed by atoms with Gasteiger partial charge in [0.2, 0.25) is 5.91 Å². The van der Waals surface area contributed by atoms with E-state index in [2.05, 4.69) is 4.98 Å². The number of amides is 1. The first-order valence-electron chi connectivity index (χ1n) is 3.81. The first-order chi connectivity index (χ1) is 6.38. The SMILES string of the molecule is CS(=O)(=O)Cc1cc(C(N)=O)ccn1. The van der Waals surface area contributed by atoms with Crippen molar-refractivity contribution in [1.29, 1.82) is 0 Å². The Morgan fingerprint density at radius 3 is 2.71 bits per heavy atom. The average Bonchev–Trinajstić information content (AvgIpc) is 2.01. The van der Waals surface area contributed by atoms with Crippen molar-refractivity contribution in [1.82, 2.24) is 4.98 Å². The van der Waals surface area contributed by atoms with Crippen molar-refractivity contribution in [2.75, 3.05) is 6.26 Å². The molecular weight excluding hydrogens is 204 g/mol. The van der Waals surface area contributed by atoms with Crippen LogP contribution in [0.15, 0.2) is 18.3 Å². The number of hydrogen-bond acceptors (Lipinski definition) is 4. The molecule has 1 heterocycles. The number of pyridine rings is 1. The van der Waals surface area contributed by atoms with E-state index in [9.17, 15) is 13.2 Å². The molecule has 0 saturated carbocycles. The van der Waals surface area contributed by atoms with Crippen LogP contribution in [0.5, 0.6) is 0 Å². The molecule has 1 rings (SSSR count). The molecule has 14 heavy (non-hydrogen) atoms. The minimum atomic E-state index is -3.13. The minimum Gasteiger partial charge on any atom is -0.366 e. The lowest BCUT2D eigenvalue weighted by Gasteiger charge is -2.00. The van der Waals surface area contributed by atoms with Crippen molar-refractivity contribution in [3.05, 3.63) is 29.6 Å². The molecule has 0 spiro atoms. The van der Waals surface area contributed by atoms with E-state index in [4.69, 9.17) is 5.73 Å². The molecule has 0 fully saturated rings. The van der Waals surface area contributed by atoms with Gasteiger partial charge in [-0.3, -0.25) is 9.78 Å². The summed E-state index contributed by atoms with van der Waals surface area (Å²) in [5, 5.41) is 0. The maximum Gasteiger partial charge on any atom is 0.248 e. The van der Waals surface area contributed by atoms with E-state index in [1.165, 1.54) is 18.3 Å². The van der Waals surface area contributed by atoms with E-state index >= 15 is 0 Å². The fourth-order valence-corrected chi connectivity index (χ4v) is 1.67. The lowest BCUT2D eigenvalue weighted by atomic mass is 10.2. The monoisotopic (exact) mass is 214 g/mol. The second kappa shape index (κ2) is 3.75. The number of aromatic nitrogens is 1. The number of nitrogens with zero attached hydrogens (tertiary/aromatic N) is 1. The Hall–Kier alpha value is -1.43. The van der Waals surface area contributed by atoms with Gasteiger partial charge in [-0.15, -0.1) is 0 Å². The Bertz CT molecular complexity index is 453. The molecule has 0 aliphatic rings. The van der Waals surface area contributed by atoms with Crippen molar-refractivity contribution in [2.24, 2.45) is 5.73 Å². The highest BCUT2D eigenvalue weighted by molar-refractivity contribution is 7.89. The van der Waals surface area contributed by atoms with Gasteiger partial charge in [0.05, 0.1) is 11.4 Å². The molecule has 0 radical (unpaired) electrons. The number of sulfone groups is 1. The van der Waals surface area contributed by atoms with E-state index in [1.807, 2.05) is 0 Å². The van der Waals surface area contributed by atoms with Crippen LogP contribution in [0, 0.1) is 0 Å². The van der Waals surface area contributed by atoms with Gasteiger partial charge in [0.25, 0.3) is 0 Å². The predicted molar refractivity (Wildman–Crippen MR) is 51.3 cm³/mol. The third-order valence-corrected chi connectivity index (χ3v) is 2.33. The van der Waals surface area contributed by atoms with Crippen molar-refractivity contribution < 1.29 is 13.2 Å². The quantitative estimate of drug-likeness (QED) is 0.749. The van der Waals surface area contributed by atoms with Crippen LogP contribution < -0.4 is 5.73 Å². The Kier molecular flexibility index (Phi) is 2.85. The lowest BCUT2D eigenvalue weighted by Crippen LogP contribution is -2.12. The predicted octanol–water partition coefficient (Wildman–Crippen LogP) is -0.275. The van der Waals surface area contributed by atoms with E-state index in [0.29, 0.717) is 5.69 Å². The zero-order valence-corrected chi connectivity index (χ0v) is 8.41. The number of rotatable bonds is 3. The van der Waals surface area contributed by atoms with Gasteiger partial charge in [0, 0.05) is 18.0 Å². The molecule has 5 nitrogen and oxygen atoms in total. The van der Waals surface area contributed by atoms with Crippen molar-refractivity contribution in [3.63, 3.8) is 0 Å². The van der Waals surface area contributed by atoms with Crippen LogP contribution in [-0.4, -0.2) is 25.6 Å². The van der Waals surface area contributed by atoms with Crippen LogP contribution in [0.4, 0.5) is 0 Å². The molecule has 0 atom stereocenters. The van der Waals surface area contributed by atoms with E-state index in [0.717, 1.165) is 6.26 Å². The van der Waals surface area contributed by atoms with Gasteiger partial charge in [-0.25, -0.2) is 8.42 Å². The number of carbonyl (C=O) groups excluding carboxylic acids is 1. The summed E-state index contributed by atoms with van der Waals surface area (Å²) in [5.41, 5.74) is 5.62. The lowest BCUT2D eigenvalue weighted by molar-refractivity contribution is 0.1000. The van der Waals surface area contributed by atoms with Crippen LogP contribution in [0.25, 0.3) is 0 Å². The molecule has 0 aliphatic heterocycles. The summed E-state index contributed by atoms with van der Waals surface area (Å²) in [5.74, 6) is -0.782. The Morgan fingerprint density at radius 1 is 1.57 bits per heavy atom. The Balaban J connectivity index is 3.01. The highest BCUT2D eigenvalue weighted by atomic mass is 32.2. The molecule has 1 amide bonds. The van der Waals surface area contributed by atoms with E-state index in [1.54, 1.807) is 0 Å². The maximum atomic E-state index is 10.9. The topological polar surface area (TPSA) is 90.1 Å². The maximum absolute atomic E-state index is 10.9. The summed E-state index contributed by atoms with van der Waals surface area (Å²) in [6.45, 7) is 0. The molecule has 2 N–H and O–H groups in total. The first-order valence-corrected chi connectivity index (χ1v) is 5.87. The summed E-state index contributed by atoms with van der Waals surface area (Å²) < 4.78 is 21.9. The van der Waals surface area contributed by atoms with Crippen LogP contribution in [-0.2, 0) is 15.6 Å². The van der Waals surface area contributed by atoms with Crippen LogP contribution in [0.3, 0.4) is 0 Å². The van der Waals surface area contributed by atoms with Crippen molar-refractivity contribution >= 4 is 15.7 Å². The fourth-order valence-electron chi connectivity index (χ4n) is 0.979. The average molecular weight is 214 g/mol. The number of primary amides is 1. The van der Waals surface area contributed by atoms with Crippen molar-refractivity contribution in [3.8, 4) is 0 Å². The van der Waals surface area contributed by atoms with Gasteiger partial charge < -0.3 is 5.73 Å². The largest absolute Gasteiger partial charge is 0.366 e. The second-order valence-corrected chi connectivity index (χ2v) is 5.11. The highest BCUT2D eigenvalue weighted by Crippen LogP contribution is 2.04. The summed E-state index contributed by atoms with van der Waals surface area (Å²) in [6.07, 6.45) is 2.46. The Morgan fingerprint density at radius 2 is 2.21 bits per heavy atom. The Labute approximate surface area is 81.9 Å². The van der Waals surface area contributed by atoms with Crippen LogP contribution in [0.2, 0.25) is 0 Å². The minimum absolute atomic E-state index is 0.186. The molecule has 0 aromatic carbocycles. The highest BCUT2D eigenvalue weighted by Gasteiger charge is 2.07. The van der Waals surface area contributed by atoms with Gasteiger partial charge in [0.15, 0.2) is 9.84 Å². The molecule has 1 aromatic heterocycles. The van der Waals surface area contributed by atoms with Crippen LogP contribution in [0.1, 0.15) is 16.1 Å². The molecule has 0 bridgehead atoms. The fraction of sp³-hybridized carbons (Fsp3) is 0.250. The first kappa shape index (κ1) is 10.6. The summed E-state index contributed by atoms with van der Waals surface area (Å²) >= 11 is 0. The van der Waals surface area contributed by atoms with Gasteiger partial charge in [0.1, 0.15) is 0 Å². The molecule has 0 unspecified atom stereocenters. The molecular formula is C8H10N2O3S. The van der Waals surface area contributed by atoms with E-state index in [-0.39, 0.29) is 11.3 Å². The molecule has 76 valence electrons. The molecule has 0 aliphatic carbocycles. The molecule has 1 aromatic rings. The molecule has 6 heteroatoms. The number of hydrogen-bond donors (Lipinski definition) is 1. The summed E-state index contributed by atoms with van der Waals surface area (Å²) in [6, 6.07) is 2.82. The zero-order chi connectivity index (χ0) is 10.8. The summed E-state index contributed by atoms with van der Waals surface area (Å²) in [7, 11) is -3.13. The summed E-state index contributed by atoms with van der Waals surface area (Å²) in [4.78, 5) is 14.6. The number of nitrogens with two attached hydrogens (primary N) is 1. The zero-order valence-electron chi connectivity index (χ0n) is 7.60. The normalized spacial score (nSPS) is 11.2. The van der Waals surface area contributed by atoms with Gasteiger partial charge in [-0.1, -0.05) is 0 Å². The van der Waals surface area contributed by atoms with Crippen molar-refractivity contribution in [2.45, 2.75) is 5.75 Å². The smallest absolute Gasteiger partial charge is 0.248 e. The standard InChI is InChI=1S/C8H10N2O3S/c1-14(12,13)5-7-4-6(8(9)11)2-3-10-7/h2-4H,5H2,1H3,(H2,9,11). The van der Waals surface area contributed by atoms with Crippen LogP contribution >= 0.6 is 0 Å². The number of carbonyl (C=O) groups is 1. The van der Waals surface area contributed by atoms with Gasteiger partial charge in [-0.05, 0) is 12.1 Å². The van der Waals surface area contributed by atoms with Gasteiger partial charge >= 0.3 is 0 Å². The second-order valence-electron chi connectivity index (χ2n) is 2.97. The molecule has 0 saturated heterocycles. The third-order valence-electron chi connectivity index (χ3n) is 1.51. The third kappa shape index (κ3) is 3.14. The van der Waals surface area contributed by atoms with Gasteiger partial charge in [-0.2, -0.15) is 0 Å².